The molecule has 0 spiro atoms. The Morgan fingerprint density at radius 1 is 1.19 bits per heavy atom. The molecular formula is C17H17IN2O. The molecule has 108 valence electrons. The highest BCUT2D eigenvalue weighted by Gasteiger charge is 2.23. The standard InChI is InChI=1S/C17H17IN2O/c1-12-5-4-7-14(16(12)18)17(21)20-10-9-19-11-13-6-2-3-8-15(13)20/h2-8,19H,9-11H2,1H3. The maximum atomic E-state index is 13.0. The van der Waals surface area contributed by atoms with Crippen LogP contribution in [0.4, 0.5) is 5.69 Å². The zero-order valence-corrected chi connectivity index (χ0v) is 14.1. The lowest BCUT2D eigenvalue weighted by Crippen LogP contribution is -2.35. The molecule has 0 radical (unpaired) electrons. The van der Waals surface area contributed by atoms with Crippen molar-refractivity contribution in [1.29, 1.82) is 0 Å². The summed E-state index contributed by atoms with van der Waals surface area (Å²) in [7, 11) is 0. The number of rotatable bonds is 1. The first-order valence-electron chi connectivity index (χ1n) is 7.04. The fourth-order valence-corrected chi connectivity index (χ4v) is 3.22. The SMILES string of the molecule is Cc1cccc(C(=O)N2CCNCc3ccccc32)c1I. The summed E-state index contributed by atoms with van der Waals surface area (Å²) in [6, 6.07) is 14.0. The lowest BCUT2D eigenvalue weighted by molar-refractivity contribution is 0.0986. The number of anilines is 1. The fourth-order valence-electron chi connectivity index (χ4n) is 2.63. The molecular weight excluding hydrogens is 375 g/mol. The van der Waals surface area contributed by atoms with Crippen LogP contribution in [0.25, 0.3) is 0 Å². The number of carbonyl (C=O) groups is 1. The van der Waals surface area contributed by atoms with Crippen LogP contribution < -0.4 is 10.2 Å². The Morgan fingerprint density at radius 2 is 2.00 bits per heavy atom. The summed E-state index contributed by atoms with van der Waals surface area (Å²) in [6.07, 6.45) is 0. The van der Waals surface area contributed by atoms with Crippen LogP contribution in [0.15, 0.2) is 42.5 Å². The van der Waals surface area contributed by atoms with Gasteiger partial charge in [-0.1, -0.05) is 30.3 Å². The van der Waals surface area contributed by atoms with Gasteiger partial charge < -0.3 is 10.2 Å². The molecule has 2 aromatic carbocycles. The third kappa shape index (κ3) is 2.82. The van der Waals surface area contributed by atoms with Crippen molar-refractivity contribution in [1.82, 2.24) is 5.32 Å². The molecule has 1 heterocycles. The average Bonchev–Trinajstić information content (AvgIpc) is 2.72. The zero-order chi connectivity index (χ0) is 14.8. The van der Waals surface area contributed by atoms with Gasteiger partial charge in [-0.05, 0) is 52.8 Å². The molecule has 4 heteroatoms. The topological polar surface area (TPSA) is 32.3 Å². The predicted octanol–water partition coefficient (Wildman–Crippen LogP) is 3.35. The van der Waals surface area contributed by atoms with Gasteiger partial charge in [-0.2, -0.15) is 0 Å². The molecule has 1 N–H and O–H groups in total. The van der Waals surface area contributed by atoms with Crippen LogP contribution in [0.5, 0.6) is 0 Å². The van der Waals surface area contributed by atoms with Crippen molar-refractivity contribution in [2.75, 3.05) is 18.0 Å². The third-order valence-electron chi connectivity index (χ3n) is 3.78. The number of fused-ring (bicyclic) bond motifs is 1. The number of hydrogen-bond acceptors (Lipinski definition) is 2. The molecule has 0 unspecified atom stereocenters. The molecule has 1 aliphatic rings. The minimum absolute atomic E-state index is 0.0826. The molecule has 1 amide bonds. The van der Waals surface area contributed by atoms with Crippen molar-refractivity contribution in [3.8, 4) is 0 Å². The lowest BCUT2D eigenvalue weighted by atomic mass is 10.1. The van der Waals surface area contributed by atoms with E-state index in [1.807, 2.05) is 48.2 Å². The van der Waals surface area contributed by atoms with Gasteiger partial charge in [0.2, 0.25) is 0 Å². The number of amides is 1. The average molecular weight is 392 g/mol. The summed E-state index contributed by atoms with van der Waals surface area (Å²) in [5.41, 5.74) is 4.12. The van der Waals surface area contributed by atoms with Crippen molar-refractivity contribution >= 4 is 34.2 Å². The van der Waals surface area contributed by atoms with Crippen LogP contribution in [0, 0.1) is 10.5 Å². The van der Waals surface area contributed by atoms with Crippen LogP contribution in [-0.4, -0.2) is 19.0 Å². The summed E-state index contributed by atoms with van der Waals surface area (Å²) >= 11 is 2.26. The minimum Gasteiger partial charge on any atom is -0.311 e. The molecule has 2 aromatic rings. The molecule has 0 fully saturated rings. The molecule has 0 bridgehead atoms. The number of aryl methyl sites for hydroxylation is 1. The van der Waals surface area contributed by atoms with Gasteiger partial charge >= 0.3 is 0 Å². The van der Waals surface area contributed by atoms with Crippen LogP contribution in [0.3, 0.4) is 0 Å². The van der Waals surface area contributed by atoms with E-state index in [0.717, 1.165) is 33.5 Å². The normalized spacial score (nSPS) is 14.5. The maximum Gasteiger partial charge on any atom is 0.259 e. The van der Waals surface area contributed by atoms with Crippen LogP contribution >= 0.6 is 22.6 Å². The fraction of sp³-hybridized carbons (Fsp3) is 0.235. The number of nitrogens with one attached hydrogen (secondary N) is 1. The van der Waals surface area contributed by atoms with Gasteiger partial charge in [-0.15, -0.1) is 0 Å². The first kappa shape index (κ1) is 14.5. The molecule has 3 rings (SSSR count). The highest BCUT2D eigenvalue weighted by atomic mass is 127. The first-order valence-corrected chi connectivity index (χ1v) is 8.12. The molecule has 0 atom stereocenters. The van der Waals surface area contributed by atoms with E-state index in [1.54, 1.807) is 0 Å². The van der Waals surface area contributed by atoms with Crippen molar-refractivity contribution in [2.45, 2.75) is 13.5 Å². The number of para-hydroxylation sites is 1. The Labute approximate surface area is 138 Å². The first-order chi connectivity index (χ1) is 10.2. The summed E-state index contributed by atoms with van der Waals surface area (Å²) in [5.74, 6) is 0.0826. The molecule has 0 aliphatic carbocycles. The number of nitrogens with zero attached hydrogens (tertiary/aromatic N) is 1. The van der Waals surface area contributed by atoms with Gasteiger partial charge in [-0.3, -0.25) is 4.79 Å². The molecule has 0 saturated heterocycles. The van der Waals surface area contributed by atoms with Gasteiger partial charge in [0.1, 0.15) is 0 Å². The Hall–Kier alpha value is -1.40. The number of benzene rings is 2. The van der Waals surface area contributed by atoms with Gasteiger partial charge in [0.25, 0.3) is 5.91 Å². The van der Waals surface area contributed by atoms with Crippen LogP contribution in [0.1, 0.15) is 21.5 Å². The van der Waals surface area contributed by atoms with E-state index < -0.39 is 0 Å². The van der Waals surface area contributed by atoms with Crippen molar-refractivity contribution < 1.29 is 4.79 Å². The number of halogens is 1. The summed E-state index contributed by atoms with van der Waals surface area (Å²) in [6.45, 7) is 4.35. The smallest absolute Gasteiger partial charge is 0.259 e. The molecule has 0 aromatic heterocycles. The Morgan fingerprint density at radius 3 is 2.86 bits per heavy atom. The second-order valence-electron chi connectivity index (χ2n) is 5.20. The summed E-state index contributed by atoms with van der Waals surface area (Å²) < 4.78 is 1.04. The minimum atomic E-state index is 0.0826. The zero-order valence-electron chi connectivity index (χ0n) is 11.9. The number of hydrogen-bond donors (Lipinski definition) is 1. The molecule has 1 aliphatic heterocycles. The van der Waals surface area contributed by atoms with Gasteiger partial charge in [0.15, 0.2) is 0 Å². The summed E-state index contributed by atoms with van der Waals surface area (Å²) in [4.78, 5) is 14.9. The largest absolute Gasteiger partial charge is 0.311 e. The van der Waals surface area contributed by atoms with Gasteiger partial charge in [0.05, 0.1) is 5.56 Å². The Bertz CT molecular complexity index is 684. The van der Waals surface area contributed by atoms with E-state index in [2.05, 4.69) is 34.0 Å². The van der Waals surface area contributed by atoms with Gasteiger partial charge in [0, 0.05) is 28.9 Å². The monoisotopic (exact) mass is 392 g/mol. The number of carbonyl (C=O) groups excluding carboxylic acids is 1. The van der Waals surface area contributed by atoms with E-state index in [4.69, 9.17) is 0 Å². The second kappa shape index (κ2) is 6.15. The highest BCUT2D eigenvalue weighted by Crippen LogP contribution is 2.26. The maximum absolute atomic E-state index is 13.0. The van der Waals surface area contributed by atoms with E-state index in [0.29, 0.717) is 6.54 Å². The predicted molar refractivity (Wildman–Crippen MR) is 93.7 cm³/mol. The van der Waals surface area contributed by atoms with E-state index in [1.165, 1.54) is 5.56 Å². The third-order valence-corrected chi connectivity index (χ3v) is 5.21. The van der Waals surface area contributed by atoms with Crippen molar-refractivity contribution in [3.63, 3.8) is 0 Å². The second-order valence-corrected chi connectivity index (χ2v) is 6.28. The lowest BCUT2D eigenvalue weighted by Gasteiger charge is -2.23. The van der Waals surface area contributed by atoms with Crippen LogP contribution in [-0.2, 0) is 6.54 Å². The van der Waals surface area contributed by atoms with E-state index >= 15 is 0 Å². The molecule has 0 saturated carbocycles. The van der Waals surface area contributed by atoms with E-state index in [-0.39, 0.29) is 5.91 Å². The van der Waals surface area contributed by atoms with E-state index in [9.17, 15) is 4.79 Å². The van der Waals surface area contributed by atoms with Gasteiger partial charge in [-0.25, -0.2) is 0 Å². The molecule has 21 heavy (non-hydrogen) atoms. The summed E-state index contributed by atoms with van der Waals surface area (Å²) in [5, 5.41) is 3.37. The molecule has 3 nitrogen and oxygen atoms in total. The van der Waals surface area contributed by atoms with Crippen molar-refractivity contribution in [3.05, 3.63) is 62.7 Å². The highest BCUT2D eigenvalue weighted by molar-refractivity contribution is 14.1. The van der Waals surface area contributed by atoms with Crippen molar-refractivity contribution in [2.24, 2.45) is 0 Å². The quantitative estimate of drug-likeness (QED) is 0.756. The Balaban J connectivity index is 2.03. The van der Waals surface area contributed by atoms with Crippen LogP contribution in [0.2, 0.25) is 0 Å². The Kier molecular flexibility index (Phi) is 4.26.